The van der Waals surface area contributed by atoms with Gasteiger partial charge < -0.3 is 4.74 Å². The summed E-state index contributed by atoms with van der Waals surface area (Å²) in [7, 11) is 0. The van der Waals surface area contributed by atoms with Crippen LogP contribution >= 0.6 is 11.3 Å². The highest BCUT2D eigenvalue weighted by Gasteiger charge is 2.22. The van der Waals surface area contributed by atoms with E-state index in [0.717, 1.165) is 24.5 Å². The minimum atomic E-state index is -0.279. The molecule has 0 atom stereocenters. The lowest BCUT2D eigenvalue weighted by Gasteiger charge is -2.29. The molecule has 3 nitrogen and oxygen atoms in total. The average molecular weight is 306 g/mol. The summed E-state index contributed by atoms with van der Waals surface area (Å²) < 4.78 is 18.7. The fourth-order valence-electron chi connectivity index (χ4n) is 2.47. The fourth-order valence-corrected chi connectivity index (χ4v) is 3.53. The molecule has 1 aliphatic rings. The van der Waals surface area contributed by atoms with Crippen molar-refractivity contribution in [1.82, 2.24) is 9.88 Å². The number of halogens is 1. The van der Waals surface area contributed by atoms with E-state index in [-0.39, 0.29) is 5.82 Å². The van der Waals surface area contributed by atoms with Crippen LogP contribution in [-0.4, -0.2) is 22.5 Å². The van der Waals surface area contributed by atoms with E-state index in [1.807, 2.05) is 0 Å². The van der Waals surface area contributed by atoms with Crippen molar-refractivity contribution in [2.75, 3.05) is 6.54 Å². The third kappa shape index (κ3) is 3.41. The second-order valence-electron chi connectivity index (χ2n) is 5.54. The Bertz CT molecular complexity index is 626. The molecule has 0 N–H and O–H groups in total. The molecule has 0 bridgehead atoms. The number of nitrogens with zero attached hydrogens (tertiary/aromatic N) is 2. The number of thiazole rings is 1. The molecule has 0 amide bonds. The molecule has 2 heterocycles. The maximum Gasteiger partial charge on any atom is 0.140 e. The first kappa shape index (κ1) is 14.5. The Morgan fingerprint density at radius 3 is 3.05 bits per heavy atom. The lowest BCUT2D eigenvalue weighted by molar-refractivity contribution is 0.204. The van der Waals surface area contributed by atoms with Gasteiger partial charge in [0.05, 0.1) is 5.69 Å². The van der Waals surface area contributed by atoms with E-state index < -0.39 is 0 Å². The van der Waals surface area contributed by atoms with Crippen LogP contribution in [0.1, 0.15) is 29.4 Å². The maximum absolute atomic E-state index is 13.1. The van der Waals surface area contributed by atoms with E-state index in [2.05, 4.69) is 23.7 Å². The van der Waals surface area contributed by atoms with Gasteiger partial charge in [-0.05, 0) is 26.0 Å². The largest absolute Gasteiger partial charge is 0.486 e. The molecule has 3 rings (SSSR count). The lowest BCUT2D eigenvalue weighted by Crippen LogP contribution is -2.35. The minimum absolute atomic E-state index is 0.279. The Morgan fingerprint density at radius 2 is 2.29 bits per heavy atom. The van der Waals surface area contributed by atoms with Crippen molar-refractivity contribution in [1.29, 1.82) is 0 Å². The van der Waals surface area contributed by atoms with Gasteiger partial charge in [0, 0.05) is 36.5 Å². The van der Waals surface area contributed by atoms with Gasteiger partial charge in [-0.1, -0.05) is 6.07 Å². The fraction of sp³-hybridized carbons (Fsp3) is 0.438. The van der Waals surface area contributed by atoms with Crippen LogP contribution in [-0.2, 0) is 19.6 Å². The molecule has 5 heteroatoms. The molecule has 0 unspecified atom stereocenters. The maximum atomic E-state index is 13.1. The van der Waals surface area contributed by atoms with Crippen LogP contribution in [0.5, 0.6) is 5.75 Å². The van der Waals surface area contributed by atoms with Crippen LogP contribution in [0.3, 0.4) is 0 Å². The summed E-state index contributed by atoms with van der Waals surface area (Å²) in [5.41, 5.74) is 1.20. The molecule has 2 aromatic rings. The highest BCUT2D eigenvalue weighted by Crippen LogP contribution is 2.27. The van der Waals surface area contributed by atoms with Crippen LogP contribution in [0.2, 0.25) is 0 Å². The summed E-state index contributed by atoms with van der Waals surface area (Å²) in [6.45, 7) is 6.89. The van der Waals surface area contributed by atoms with Crippen LogP contribution in [0, 0.1) is 5.82 Å². The Labute approximate surface area is 128 Å². The van der Waals surface area contributed by atoms with Gasteiger partial charge in [0.1, 0.15) is 23.2 Å². The van der Waals surface area contributed by atoms with Gasteiger partial charge in [0.2, 0.25) is 0 Å². The van der Waals surface area contributed by atoms with Gasteiger partial charge in [-0.15, -0.1) is 11.3 Å². The van der Waals surface area contributed by atoms with E-state index >= 15 is 0 Å². The molecular weight excluding hydrogens is 287 g/mol. The van der Waals surface area contributed by atoms with Gasteiger partial charge in [0.15, 0.2) is 0 Å². The molecule has 1 aromatic heterocycles. The number of aromatic nitrogens is 1. The first-order valence-electron chi connectivity index (χ1n) is 7.21. The molecule has 0 aliphatic carbocycles. The molecule has 1 aromatic carbocycles. The first-order valence-corrected chi connectivity index (χ1v) is 8.03. The molecule has 0 spiro atoms. The van der Waals surface area contributed by atoms with Gasteiger partial charge in [0.25, 0.3) is 0 Å². The molecule has 21 heavy (non-hydrogen) atoms. The monoisotopic (exact) mass is 306 g/mol. The van der Waals surface area contributed by atoms with Crippen LogP contribution in [0.4, 0.5) is 4.39 Å². The Hall–Kier alpha value is -1.46. The molecule has 0 saturated heterocycles. The average Bonchev–Trinajstić information content (AvgIpc) is 2.87. The Kier molecular flexibility index (Phi) is 4.22. The smallest absolute Gasteiger partial charge is 0.140 e. The number of fused-ring (bicyclic) bond motifs is 1. The zero-order valence-corrected chi connectivity index (χ0v) is 13.1. The molecular formula is C16H19FN2OS. The van der Waals surface area contributed by atoms with E-state index in [9.17, 15) is 4.39 Å². The quantitative estimate of drug-likeness (QED) is 0.862. The number of hydrogen-bond acceptors (Lipinski definition) is 4. The standard InChI is InChI=1S/C16H19FN2OS/c1-11(2)19-7-6-14-15(9-19)21-16(18-14)10-20-13-5-3-4-12(17)8-13/h3-5,8,11H,6-7,9-10H2,1-2H3. The van der Waals surface area contributed by atoms with Crippen LogP contribution < -0.4 is 4.74 Å². The number of rotatable bonds is 4. The van der Waals surface area contributed by atoms with Gasteiger partial charge >= 0.3 is 0 Å². The van der Waals surface area contributed by atoms with Crippen molar-refractivity contribution in [3.05, 3.63) is 45.7 Å². The molecule has 0 fully saturated rings. The van der Waals surface area contributed by atoms with E-state index in [0.29, 0.717) is 18.4 Å². The van der Waals surface area contributed by atoms with Crippen molar-refractivity contribution >= 4 is 11.3 Å². The predicted molar refractivity (Wildman–Crippen MR) is 82.1 cm³/mol. The first-order chi connectivity index (χ1) is 10.1. The van der Waals surface area contributed by atoms with Crippen molar-refractivity contribution in [2.24, 2.45) is 0 Å². The zero-order chi connectivity index (χ0) is 14.8. The lowest BCUT2D eigenvalue weighted by atomic mass is 10.1. The molecule has 112 valence electrons. The SMILES string of the molecule is CC(C)N1CCc2nc(COc3cccc(F)c3)sc2C1. The van der Waals surface area contributed by atoms with Gasteiger partial charge in [-0.3, -0.25) is 4.90 Å². The van der Waals surface area contributed by atoms with E-state index in [1.165, 1.54) is 22.7 Å². The van der Waals surface area contributed by atoms with E-state index in [1.54, 1.807) is 23.5 Å². The summed E-state index contributed by atoms with van der Waals surface area (Å²) in [4.78, 5) is 8.45. The van der Waals surface area contributed by atoms with Gasteiger partial charge in [-0.2, -0.15) is 0 Å². The zero-order valence-electron chi connectivity index (χ0n) is 12.3. The second-order valence-corrected chi connectivity index (χ2v) is 6.71. The third-order valence-corrected chi connectivity index (χ3v) is 4.75. The van der Waals surface area contributed by atoms with Crippen LogP contribution in [0.15, 0.2) is 24.3 Å². The number of benzene rings is 1. The summed E-state index contributed by atoms with van der Waals surface area (Å²) in [5.74, 6) is 0.269. The summed E-state index contributed by atoms with van der Waals surface area (Å²) in [6.07, 6.45) is 1.00. The van der Waals surface area contributed by atoms with Crippen molar-refractivity contribution in [2.45, 2.75) is 39.5 Å². The number of hydrogen-bond donors (Lipinski definition) is 0. The highest BCUT2D eigenvalue weighted by atomic mass is 32.1. The Balaban J connectivity index is 1.66. The van der Waals surface area contributed by atoms with Crippen LogP contribution in [0.25, 0.3) is 0 Å². The minimum Gasteiger partial charge on any atom is -0.486 e. The summed E-state index contributed by atoms with van der Waals surface area (Å²) >= 11 is 1.71. The molecule has 1 aliphatic heterocycles. The topological polar surface area (TPSA) is 25.4 Å². The summed E-state index contributed by atoms with van der Waals surface area (Å²) in [5, 5.41) is 0.967. The predicted octanol–water partition coefficient (Wildman–Crippen LogP) is 3.63. The van der Waals surface area contributed by atoms with E-state index in [4.69, 9.17) is 4.74 Å². The molecule has 0 radical (unpaired) electrons. The van der Waals surface area contributed by atoms with Crippen molar-refractivity contribution < 1.29 is 9.13 Å². The van der Waals surface area contributed by atoms with Crippen molar-refractivity contribution in [3.63, 3.8) is 0 Å². The van der Waals surface area contributed by atoms with Crippen molar-refractivity contribution in [3.8, 4) is 5.75 Å². The highest BCUT2D eigenvalue weighted by molar-refractivity contribution is 7.11. The second kappa shape index (κ2) is 6.12. The summed E-state index contributed by atoms with van der Waals surface area (Å²) in [6, 6.07) is 6.78. The van der Waals surface area contributed by atoms with Gasteiger partial charge in [-0.25, -0.2) is 9.37 Å². The Morgan fingerprint density at radius 1 is 1.43 bits per heavy atom. The number of ether oxygens (including phenoxy) is 1. The molecule has 0 saturated carbocycles. The third-order valence-electron chi connectivity index (χ3n) is 3.69. The normalized spacial score (nSPS) is 15.2.